The fraction of sp³-hybridized carbons (Fsp3) is 0.833. The first kappa shape index (κ1) is 11.9. The summed E-state index contributed by atoms with van der Waals surface area (Å²) in [5, 5.41) is 0. The first-order valence-corrected chi connectivity index (χ1v) is 2.96. The van der Waals surface area contributed by atoms with Gasteiger partial charge in [-0.2, -0.15) is 0 Å². The molecule has 0 fully saturated rings. The molecule has 0 heterocycles. The summed E-state index contributed by atoms with van der Waals surface area (Å²) in [7, 11) is 0. The van der Waals surface area contributed by atoms with Crippen LogP contribution in [0.3, 0.4) is 0 Å². The van der Waals surface area contributed by atoms with Gasteiger partial charge in [0.1, 0.15) is 0 Å². The van der Waals surface area contributed by atoms with Crippen molar-refractivity contribution in [3.63, 3.8) is 0 Å². The van der Waals surface area contributed by atoms with Gasteiger partial charge in [-0.25, -0.2) is 0 Å². The van der Waals surface area contributed by atoms with Crippen LogP contribution in [0.4, 0.5) is 0 Å². The molecule has 0 aromatic heterocycles. The van der Waals surface area contributed by atoms with E-state index in [9.17, 15) is 4.79 Å². The van der Waals surface area contributed by atoms with E-state index in [4.69, 9.17) is 0 Å². The normalized spacial score (nSPS) is 7.78. The van der Waals surface area contributed by atoms with E-state index >= 15 is 0 Å². The molecule has 0 aliphatic rings. The molecule has 0 atom stereocenters. The van der Waals surface area contributed by atoms with Gasteiger partial charge >= 0.3 is 28.3 Å². The van der Waals surface area contributed by atoms with Gasteiger partial charge < -0.3 is 4.74 Å². The largest absolute Gasteiger partial charge is 1.00 e. The number of ether oxygens (including phenoxy) is 1. The molecule has 9 heavy (non-hydrogen) atoms. The Bertz CT molecular complexity index is 65.5. The van der Waals surface area contributed by atoms with E-state index in [2.05, 4.69) is 4.74 Å². The van der Waals surface area contributed by atoms with E-state index in [1.54, 1.807) is 0 Å². The summed E-state index contributed by atoms with van der Waals surface area (Å²) >= 11 is 0. The molecule has 0 bridgehead atoms. The van der Waals surface area contributed by atoms with Crippen LogP contribution in [0, 0.1) is 0 Å². The number of carbonyl (C=O) groups excluding carboxylic acids is 1. The maximum atomic E-state index is 10.4. The van der Waals surface area contributed by atoms with Crippen molar-refractivity contribution in [2.75, 3.05) is 6.61 Å². The molecular formula is C6H12AgO2+. The van der Waals surface area contributed by atoms with Crippen molar-refractivity contribution in [3.05, 3.63) is 0 Å². The zero-order valence-corrected chi connectivity index (χ0v) is 7.22. The van der Waals surface area contributed by atoms with Crippen molar-refractivity contribution in [2.24, 2.45) is 0 Å². The maximum absolute atomic E-state index is 10.4. The molecule has 0 rings (SSSR count). The minimum atomic E-state index is -0.0880. The Morgan fingerprint density at radius 2 is 2.00 bits per heavy atom. The van der Waals surface area contributed by atoms with Crippen LogP contribution in [0.25, 0.3) is 0 Å². The number of hydrogen-bond donors (Lipinski definition) is 0. The van der Waals surface area contributed by atoms with Crippen molar-refractivity contribution < 1.29 is 31.9 Å². The van der Waals surface area contributed by atoms with Crippen LogP contribution in [0.15, 0.2) is 0 Å². The van der Waals surface area contributed by atoms with E-state index < -0.39 is 0 Å². The van der Waals surface area contributed by atoms with Crippen LogP contribution in [0.2, 0.25) is 0 Å². The standard InChI is InChI=1S/C6H12O2.Ag/c1-3-5-6(7)8-4-2;/h3-5H2,1-2H3;/q;+1. The van der Waals surface area contributed by atoms with Gasteiger partial charge in [0.25, 0.3) is 0 Å². The molecule has 0 spiro atoms. The molecule has 0 aromatic carbocycles. The van der Waals surface area contributed by atoms with Gasteiger partial charge in [-0.1, -0.05) is 6.92 Å². The Balaban J connectivity index is 0. The number of esters is 1. The number of rotatable bonds is 3. The Hall–Kier alpha value is 0.210. The first-order chi connectivity index (χ1) is 3.81. The molecule has 0 amide bonds. The second kappa shape index (κ2) is 8.21. The monoisotopic (exact) mass is 223 g/mol. The van der Waals surface area contributed by atoms with Crippen molar-refractivity contribution in [3.8, 4) is 0 Å². The molecule has 3 heteroatoms. The Morgan fingerprint density at radius 1 is 1.44 bits per heavy atom. The van der Waals surface area contributed by atoms with Gasteiger partial charge in [-0.15, -0.1) is 0 Å². The van der Waals surface area contributed by atoms with Gasteiger partial charge in [-0.05, 0) is 13.3 Å². The molecule has 2 nitrogen and oxygen atoms in total. The fourth-order valence-corrected chi connectivity index (χ4v) is 0.437. The van der Waals surface area contributed by atoms with Crippen molar-refractivity contribution >= 4 is 5.97 Å². The smallest absolute Gasteiger partial charge is 0.466 e. The zero-order valence-electron chi connectivity index (χ0n) is 5.74. The molecule has 58 valence electrons. The van der Waals surface area contributed by atoms with Gasteiger partial charge in [0, 0.05) is 6.42 Å². The summed E-state index contributed by atoms with van der Waals surface area (Å²) in [4.78, 5) is 10.4. The van der Waals surface area contributed by atoms with Crippen molar-refractivity contribution in [2.45, 2.75) is 26.7 Å². The van der Waals surface area contributed by atoms with Gasteiger partial charge in [0.15, 0.2) is 0 Å². The third-order valence-corrected chi connectivity index (χ3v) is 0.759. The summed E-state index contributed by atoms with van der Waals surface area (Å²) in [6.45, 7) is 4.27. The SMILES string of the molecule is CCCC(=O)OCC.[Ag+]. The first-order valence-electron chi connectivity index (χ1n) is 2.96. The molecular weight excluding hydrogens is 212 g/mol. The molecule has 0 radical (unpaired) electrons. The second-order valence-corrected chi connectivity index (χ2v) is 1.56. The van der Waals surface area contributed by atoms with Gasteiger partial charge in [0.2, 0.25) is 0 Å². The van der Waals surface area contributed by atoms with Crippen LogP contribution >= 0.6 is 0 Å². The molecule has 0 N–H and O–H groups in total. The topological polar surface area (TPSA) is 26.3 Å². The molecule has 0 unspecified atom stereocenters. The van der Waals surface area contributed by atoms with Crippen LogP contribution < -0.4 is 0 Å². The van der Waals surface area contributed by atoms with Crippen molar-refractivity contribution in [1.29, 1.82) is 0 Å². The summed E-state index contributed by atoms with van der Waals surface area (Å²) in [6.07, 6.45) is 1.42. The third kappa shape index (κ3) is 8.21. The van der Waals surface area contributed by atoms with Gasteiger partial charge in [-0.3, -0.25) is 4.79 Å². The quantitative estimate of drug-likeness (QED) is 0.534. The average molecular weight is 224 g/mol. The summed E-state index contributed by atoms with van der Waals surface area (Å²) in [5.41, 5.74) is 0. The van der Waals surface area contributed by atoms with Crippen LogP contribution in [-0.2, 0) is 31.9 Å². The van der Waals surface area contributed by atoms with E-state index in [0.717, 1.165) is 6.42 Å². The second-order valence-electron chi connectivity index (χ2n) is 1.56. The Kier molecular flexibility index (Phi) is 10.9. The van der Waals surface area contributed by atoms with E-state index in [-0.39, 0.29) is 28.3 Å². The Morgan fingerprint density at radius 3 is 2.33 bits per heavy atom. The number of hydrogen-bond acceptors (Lipinski definition) is 2. The Labute approximate surface area is 71.5 Å². The third-order valence-electron chi connectivity index (χ3n) is 0.759. The maximum Gasteiger partial charge on any atom is 1.00 e. The summed E-state index contributed by atoms with van der Waals surface area (Å²) < 4.78 is 4.64. The molecule has 0 saturated carbocycles. The summed E-state index contributed by atoms with van der Waals surface area (Å²) in [5.74, 6) is -0.0880. The van der Waals surface area contributed by atoms with Gasteiger partial charge in [0.05, 0.1) is 6.61 Å². The number of carbonyl (C=O) groups is 1. The van der Waals surface area contributed by atoms with Crippen molar-refractivity contribution in [1.82, 2.24) is 0 Å². The van der Waals surface area contributed by atoms with E-state index in [1.165, 1.54) is 0 Å². The zero-order chi connectivity index (χ0) is 6.41. The van der Waals surface area contributed by atoms with E-state index in [1.807, 2.05) is 13.8 Å². The van der Waals surface area contributed by atoms with Crippen LogP contribution in [0.5, 0.6) is 0 Å². The van der Waals surface area contributed by atoms with Crippen LogP contribution in [0.1, 0.15) is 26.7 Å². The minimum absolute atomic E-state index is 0. The fourth-order valence-electron chi connectivity index (χ4n) is 0.437. The molecule has 0 saturated heterocycles. The molecule has 0 aliphatic heterocycles. The molecule has 0 aliphatic carbocycles. The predicted octanol–water partition coefficient (Wildman–Crippen LogP) is 1.35. The minimum Gasteiger partial charge on any atom is -0.466 e. The van der Waals surface area contributed by atoms with Crippen LogP contribution in [-0.4, -0.2) is 12.6 Å². The predicted molar refractivity (Wildman–Crippen MR) is 31.5 cm³/mol. The average Bonchev–Trinajstić information content (AvgIpc) is 1.68. The van der Waals surface area contributed by atoms with E-state index in [0.29, 0.717) is 13.0 Å². The molecule has 0 aromatic rings. The summed E-state index contributed by atoms with van der Waals surface area (Å²) in [6, 6.07) is 0.